The molecule has 10 heteroatoms. The maximum atomic E-state index is 12.9. The first-order valence-corrected chi connectivity index (χ1v) is 11.1. The van der Waals surface area contributed by atoms with Crippen LogP contribution < -0.4 is 20.9 Å². The Bertz CT molecular complexity index is 1240. The number of aromatic nitrogens is 2. The molecular formula is C19H20ClN5O3S. The summed E-state index contributed by atoms with van der Waals surface area (Å²) in [7, 11) is -3.78. The molecule has 0 unspecified atom stereocenters. The van der Waals surface area contributed by atoms with Gasteiger partial charge in [0.1, 0.15) is 5.82 Å². The molecule has 1 heterocycles. The summed E-state index contributed by atoms with van der Waals surface area (Å²) in [5, 5.41) is 9.14. The minimum Gasteiger partial charge on any atom is -0.368 e. The third-order valence-corrected chi connectivity index (χ3v) is 5.71. The lowest BCUT2D eigenvalue weighted by molar-refractivity contribution is 0.584. The zero-order valence-electron chi connectivity index (χ0n) is 15.4. The van der Waals surface area contributed by atoms with Crippen molar-refractivity contribution in [1.29, 1.82) is 0 Å². The Morgan fingerprint density at radius 2 is 1.93 bits per heavy atom. The van der Waals surface area contributed by atoms with Crippen LogP contribution in [0, 0.1) is 0 Å². The maximum Gasteiger partial charge on any atom is 0.354 e. The van der Waals surface area contributed by atoms with Crippen LogP contribution in [0.5, 0.6) is 0 Å². The van der Waals surface area contributed by atoms with Gasteiger partial charge in [-0.2, -0.15) is 13.4 Å². The van der Waals surface area contributed by atoms with Gasteiger partial charge in [0.25, 0.3) is 10.2 Å². The van der Waals surface area contributed by atoms with Crippen molar-refractivity contribution >= 4 is 38.5 Å². The van der Waals surface area contributed by atoms with Crippen LogP contribution in [0.3, 0.4) is 0 Å². The van der Waals surface area contributed by atoms with Crippen LogP contribution in [0.25, 0.3) is 16.6 Å². The van der Waals surface area contributed by atoms with Gasteiger partial charge < -0.3 is 5.32 Å². The van der Waals surface area contributed by atoms with Crippen molar-refractivity contribution in [1.82, 2.24) is 14.3 Å². The third-order valence-electron chi connectivity index (χ3n) is 4.78. The van der Waals surface area contributed by atoms with Crippen molar-refractivity contribution in [2.45, 2.75) is 18.8 Å². The molecule has 1 aliphatic carbocycles. The predicted octanol–water partition coefficient (Wildman–Crippen LogP) is 2.12. The fourth-order valence-electron chi connectivity index (χ4n) is 3.29. The molecule has 152 valence electrons. The normalized spacial score (nSPS) is 14.3. The molecule has 0 amide bonds. The first-order chi connectivity index (χ1) is 13.8. The van der Waals surface area contributed by atoms with Gasteiger partial charge in [-0.05, 0) is 48.6 Å². The summed E-state index contributed by atoms with van der Waals surface area (Å²) in [4.78, 5) is 17.1. The van der Waals surface area contributed by atoms with Crippen LogP contribution in [-0.2, 0) is 10.2 Å². The molecular weight excluding hydrogens is 414 g/mol. The summed E-state index contributed by atoms with van der Waals surface area (Å²) in [5.41, 5.74) is 1.96. The largest absolute Gasteiger partial charge is 0.368 e. The average molecular weight is 434 g/mol. The molecule has 2 aromatic carbocycles. The van der Waals surface area contributed by atoms with Gasteiger partial charge in [0.05, 0.1) is 16.2 Å². The van der Waals surface area contributed by atoms with E-state index in [1.807, 2.05) is 24.3 Å². The fraction of sp³-hybridized carbons (Fsp3) is 0.263. The highest BCUT2D eigenvalue weighted by Gasteiger charge is 2.24. The van der Waals surface area contributed by atoms with E-state index in [1.165, 1.54) is 10.1 Å². The van der Waals surface area contributed by atoms with Crippen LogP contribution in [-0.4, -0.2) is 31.1 Å². The third kappa shape index (κ3) is 4.43. The van der Waals surface area contributed by atoms with Crippen LogP contribution in [0.15, 0.2) is 47.3 Å². The van der Waals surface area contributed by atoms with E-state index in [1.54, 1.807) is 18.2 Å². The molecule has 0 saturated heterocycles. The molecule has 8 nitrogen and oxygen atoms in total. The van der Waals surface area contributed by atoms with E-state index in [0.29, 0.717) is 28.0 Å². The molecule has 0 aliphatic heterocycles. The highest BCUT2D eigenvalue weighted by molar-refractivity contribution is 7.87. The Balaban J connectivity index is 1.80. The van der Waals surface area contributed by atoms with E-state index in [9.17, 15) is 13.2 Å². The molecule has 0 atom stereocenters. The van der Waals surface area contributed by atoms with Crippen molar-refractivity contribution in [2.24, 2.45) is 5.14 Å². The van der Waals surface area contributed by atoms with Gasteiger partial charge in [-0.3, -0.25) is 4.57 Å². The number of anilines is 1. The van der Waals surface area contributed by atoms with Gasteiger partial charge in [0.2, 0.25) is 0 Å². The van der Waals surface area contributed by atoms with E-state index in [4.69, 9.17) is 16.7 Å². The number of para-hydroxylation sites is 1. The summed E-state index contributed by atoms with van der Waals surface area (Å²) in [5.74, 6) is 0.893. The molecule has 1 fully saturated rings. The smallest absolute Gasteiger partial charge is 0.354 e. The number of hydrogen-bond acceptors (Lipinski definition) is 5. The minimum atomic E-state index is -3.78. The van der Waals surface area contributed by atoms with Crippen molar-refractivity contribution in [3.8, 4) is 5.69 Å². The van der Waals surface area contributed by atoms with E-state index >= 15 is 0 Å². The van der Waals surface area contributed by atoms with Gasteiger partial charge in [-0.1, -0.05) is 29.8 Å². The van der Waals surface area contributed by atoms with E-state index in [2.05, 4.69) is 15.0 Å². The van der Waals surface area contributed by atoms with Crippen LogP contribution >= 0.6 is 11.6 Å². The van der Waals surface area contributed by atoms with E-state index in [-0.39, 0.29) is 13.1 Å². The van der Waals surface area contributed by atoms with Crippen LogP contribution in [0.1, 0.15) is 24.3 Å². The predicted molar refractivity (Wildman–Crippen MR) is 114 cm³/mol. The van der Waals surface area contributed by atoms with Gasteiger partial charge in [0, 0.05) is 18.5 Å². The summed E-state index contributed by atoms with van der Waals surface area (Å²) >= 11 is 6.35. The van der Waals surface area contributed by atoms with Crippen molar-refractivity contribution in [3.05, 3.63) is 63.5 Å². The minimum absolute atomic E-state index is 0.0652. The number of fused-ring (bicyclic) bond motifs is 1. The Morgan fingerprint density at radius 1 is 1.17 bits per heavy atom. The van der Waals surface area contributed by atoms with Gasteiger partial charge in [-0.15, -0.1) is 0 Å². The monoisotopic (exact) mass is 433 g/mol. The molecule has 0 radical (unpaired) electrons. The molecule has 1 saturated carbocycles. The standard InChI is InChI=1S/C19H20ClN5O3S/c20-15-3-1-2-4-16(15)25-17-11-13(12-5-6-12)7-8-14(17)18(24-19(25)26)22-9-10-23-29(21,27)28/h1-4,7-8,11-12,23H,5-6,9-10H2,(H2,21,27,28)(H,22,24,26). The lowest BCUT2D eigenvalue weighted by Crippen LogP contribution is -2.34. The highest BCUT2D eigenvalue weighted by atomic mass is 35.5. The topological polar surface area (TPSA) is 119 Å². The quantitative estimate of drug-likeness (QED) is 0.493. The molecule has 4 rings (SSSR count). The molecule has 4 N–H and O–H groups in total. The number of nitrogens with zero attached hydrogens (tertiary/aromatic N) is 2. The zero-order chi connectivity index (χ0) is 20.6. The van der Waals surface area contributed by atoms with E-state index < -0.39 is 15.9 Å². The number of rotatable bonds is 7. The van der Waals surface area contributed by atoms with Gasteiger partial charge >= 0.3 is 5.69 Å². The Labute approximate surface area is 172 Å². The molecule has 29 heavy (non-hydrogen) atoms. The molecule has 1 aromatic heterocycles. The highest BCUT2D eigenvalue weighted by Crippen LogP contribution is 2.41. The van der Waals surface area contributed by atoms with Crippen LogP contribution in [0.2, 0.25) is 5.02 Å². The summed E-state index contributed by atoms with van der Waals surface area (Å²) in [6.07, 6.45) is 2.27. The lowest BCUT2D eigenvalue weighted by atomic mass is 10.1. The van der Waals surface area contributed by atoms with Crippen molar-refractivity contribution < 1.29 is 8.42 Å². The lowest BCUT2D eigenvalue weighted by Gasteiger charge is -2.16. The number of benzene rings is 2. The van der Waals surface area contributed by atoms with Crippen LogP contribution in [0.4, 0.5) is 5.82 Å². The number of hydrogen-bond donors (Lipinski definition) is 3. The second kappa shape index (κ2) is 7.75. The van der Waals surface area contributed by atoms with Gasteiger partial charge in [-0.25, -0.2) is 14.7 Å². The first-order valence-electron chi connectivity index (χ1n) is 9.16. The zero-order valence-corrected chi connectivity index (χ0v) is 17.0. The number of nitrogens with one attached hydrogen (secondary N) is 2. The maximum absolute atomic E-state index is 12.9. The summed E-state index contributed by atoms with van der Waals surface area (Å²) in [6.45, 7) is 0.286. The second-order valence-electron chi connectivity index (χ2n) is 6.95. The average Bonchev–Trinajstić information content (AvgIpc) is 3.50. The van der Waals surface area contributed by atoms with Crippen molar-refractivity contribution in [2.75, 3.05) is 18.4 Å². The first kappa shape index (κ1) is 19.8. The Hall–Kier alpha value is -2.46. The van der Waals surface area contributed by atoms with E-state index in [0.717, 1.165) is 18.2 Å². The Kier molecular flexibility index (Phi) is 5.30. The molecule has 1 aliphatic rings. The fourth-order valence-corrected chi connectivity index (χ4v) is 3.90. The van der Waals surface area contributed by atoms with Crippen molar-refractivity contribution in [3.63, 3.8) is 0 Å². The summed E-state index contributed by atoms with van der Waals surface area (Å²) in [6, 6.07) is 13.1. The second-order valence-corrected chi connectivity index (χ2v) is 8.73. The molecule has 3 aromatic rings. The molecule has 0 bridgehead atoms. The molecule has 0 spiro atoms. The Morgan fingerprint density at radius 3 is 2.62 bits per heavy atom. The number of nitrogens with two attached hydrogens (primary N) is 1. The summed E-state index contributed by atoms with van der Waals surface area (Å²) < 4.78 is 25.7. The SMILES string of the molecule is NS(=O)(=O)NCCNc1nc(=O)n(-c2ccccc2Cl)c2cc(C3CC3)ccc12. The number of halogens is 1. The van der Waals surface area contributed by atoms with Gasteiger partial charge in [0.15, 0.2) is 0 Å².